The summed E-state index contributed by atoms with van der Waals surface area (Å²) in [4.78, 5) is 0. The molecule has 0 N–H and O–H groups in total. The van der Waals surface area contributed by atoms with Crippen LogP contribution >= 0.6 is 39.1 Å². The molecule has 1 aromatic rings. The lowest BCUT2D eigenvalue weighted by molar-refractivity contribution is 0.119. The fraction of sp³-hybridized carbons (Fsp3) is 0.571. The van der Waals surface area contributed by atoms with Gasteiger partial charge in [-0.05, 0) is 24.5 Å². The molecule has 0 heterocycles. The van der Waals surface area contributed by atoms with Crippen LogP contribution in [0.15, 0.2) is 28.7 Å². The van der Waals surface area contributed by atoms with Crippen LogP contribution in [0.2, 0.25) is 0 Å². The zero-order valence-electron chi connectivity index (χ0n) is 10.6. The fourth-order valence-electron chi connectivity index (χ4n) is 1.85. The van der Waals surface area contributed by atoms with Gasteiger partial charge in [0.1, 0.15) is 0 Å². The third kappa shape index (κ3) is 4.12. The van der Waals surface area contributed by atoms with Crippen molar-refractivity contribution in [3.63, 3.8) is 0 Å². The van der Waals surface area contributed by atoms with E-state index in [4.69, 9.17) is 27.9 Å². The Bertz CT molecular complexity index is 353. The molecule has 4 heteroatoms. The first-order valence-electron chi connectivity index (χ1n) is 6.15. The molecule has 0 atom stereocenters. The van der Waals surface area contributed by atoms with Crippen LogP contribution in [0, 0.1) is 0 Å². The number of rotatable bonds is 8. The normalized spacial score (nSPS) is 11.8. The number of alkyl halides is 2. The first-order chi connectivity index (χ1) is 8.70. The second-order valence-corrected chi connectivity index (χ2v) is 5.78. The zero-order valence-corrected chi connectivity index (χ0v) is 13.7. The van der Waals surface area contributed by atoms with Gasteiger partial charge in [0.15, 0.2) is 0 Å². The zero-order chi connectivity index (χ0) is 13.4. The largest absolute Gasteiger partial charge is 0.381 e. The van der Waals surface area contributed by atoms with Crippen molar-refractivity contribution in [3.8, 4) is 0 Å². The molecule has 1 rings (SSSR count). The molecule has 0 saturated carbocycles. The molecule has 0 amide bonds. The quantitative estimate of drug-likeness (QED) is 0.473. The molecule has 1 aromatic carbocycles. The van der Waals surface area contributed by atoms with Gasteiger partial charge in [-0.3, -0.25) is 0 Å². The third-order valence-electron chi connectivity index (χ3n) is 3.03. The molecule has 0 aromatic heterocycles. The van der Waals surface area contributed by atoms with Crippen molar-refractivity contribution in [1.29, 1.82) is 0 Å². The molecule has 0 aliphatic carbocycles. The van der Waals surface area contributed by atoms with E-state index in [1.54, 1.807) is 0 Å². The van der Waals surface area contributed by atoms with E-state index in [2.05, 4.69) is 28.9 Å². The summed E-state index contributed by atoms with van der Waals surface area (Å²) in [6, 6.07) is 8.11. The predicted octanol–water partition coefficient (Wildman–Crippen LogP) is 4.98. The summed E-state index contributed by atoms with van der Waals surface area (Å²) < 4.78 is 6.63. The van der Waals surface area contributed by atoms with Crippen molar-refractivity contribution < 1.29 is 4.74 Å². The maximum atomic E-state index is 6.18. The summed E-state index contributed by atoms with van der Waals surface area (Å²) >= 11 is 15.9. The van der Waals surface area contributed by atoms with Gasteiger partial charge in [0.25, 0.3) is 0 Å². The highest BCUT2D eigenvalue weighted by molar-refractivity contribution is 9.10. The van der Waals surface area contributed by atoms with Crippen molar-refractivity contribution in [1.82, 2.24) is 0 Å². The van der Waals surface area contributed by atoms with Crippen molar-refractivity contribution in [2.45, 2.75) is 25.2 Å². The van der Waals surface area contributed by atoms with Gasteiger partial charge >= 0.3 is 0 Å². The van der Waals surface area contributed by atoms with Gasteiger partial charge in [-0.1, -0.05) is 41.1 Å². The number of hydrogen-bond acceptors (Lipinski definition) is 1. The lowest BCUT2D eigenvalue weighted by Gasteiger charge is -2.31. The first kappa shape index (κ1) is 16.3. The van der Waals surface area contributed by atoms with Crippen LogP contribution in [0.25, 0.3) is 0 Å². The SMILES string of the molecule is CCCOCCC(CCl)(CCl)c1ccccc1Br. The maximum Gasteiger partial charge on any atom is 0.0475 e. The minimum absolute atomic E-state index is 0.225. The Morgan fingerprint density at radius 2 is 1.83 bits per heavy atom. The molecule has 0 aliphatic rings. The van der Waals surface area contributed by atoms with Gasteiger partial charge in [-0.15, -0.1) is 23.2 Å². The van der Waals surface area contributed by atoms with Crippen LogP contribution in [0.4, 0.5) is 0 Å². The number of ether oxygens (including phenoxy) is 1. The van der Waals surface area contributed by atoms with Crippen LogP contribution < -0.4 is 0 Å². The summed E-state index contributed by atoms with van der Waals surface area (Å²) in [6.07, 6.45) is 1.87. The molecule has 102 valence electrons. The lowest BCUT2D eigenvalue weighted by atomic mass is 9.81. The highest BCUT2D eigenvalue weighted by Gasteiger charge is 2.32. The van der Waals surface area contributed by atoms with Gasteiger partial charge in [0.2, 0.25) is 0 Å². The van der Waals surface area contributed by atoms with Gasteiger partial charge in [0.05, 0.1) is 0 Å². The van der Waals surface area contributed by atoms with E-state index in [1.165, 1.54) is 0 Å². The molecule has 0 unspecified atom stereocenters. The highest BCUT2D eigenvalue weighted by atomic mass is 79.9. The van der Waals surface area contributed by atoms with Gasteiger partial charge in [-0.2, -0.15) is 0 Å². The highest BCUT2D eigenvalue weighted by Crippen LogP contribution is 2.35. The number of hydrogen-bond donors (Lipinski definition) is 0. The Kier molecular flexibility index (Phi) is 7.62. The predicted molar refractivity (Wildman–Crippen MR) is 83.0 cm³/mol. The number of halogens is 3. The van der Waals surface area contributed by atoms with Crippen molar-refractivity contribution in [2.24, 2.45) is 0 Å². The van der Waals surface area contributed by atoms with Crippen molar-refractivity contribution in [2.75, 3.05) is 25.0 Å². The molecule has 0 radical (unpaired) electrons. The van der Waals surface area contributed by atoms with Crippen LogP contribution in [0.3, 0.4) is 0 Å². The summed E-state index contributed by atoms with van der Waals surface area (Å²) in [5, 5.41) is 0. The van der Waals surface area contributed by atoms with Crippen LogP contribution in [0.5, 0.6) is 0 Å². The van der Waals surface area contributed by atoms with E-state index in [0.717, 1.165) is 29.5 Å². The minimum Gasteiger partial charge on any atom is -0.381 e. The maximum absolute atomic E-state index is 6.18. The Morgan fingerprint density at radius 1 is 1.17 bits per heavy atom. The first-order valence-corrected chi connectivity index (χ1v) is 8.01. The molecule has 18 heavy (non-hydrogen) atoms. The molecular formula is C14H19BrCl2O. The lowest BCUT2D eigenvalue weighted by Crippen LogP contribution is -2.32. The average molecular weight is 354 g/mol. The molecule has 0 saturated heterocycles. The monoisotopic (exact) mass is 352 g/mol. The van der Waals surface area contributed by atoms with E-state index in [9.17, 15) is 0 Å². The third-order valence-corrected chi connectivity index (χ3v) is 4.74. The summed E-state index contributed by atoms with van der Waals surface area (Å²) in [6.45, 7) is 3.58. The molecule has 0 spiro atoms. The number of benzene rings is 1. The Balaban J connectivity index is 2.83. The van der Waals surface area contributed by atoms with E-state index in [1.807, 2.05) is 18.2 Å². The topological polar surface area (TPSA) is 9.23 Å². The van der Waals surface area contributed by atoms with Crippen LogP contribution in [-0.4, -0.2) is 25.0 Å². The van der Waals surface area contributed by atoms with Gasteiger partial charge < -0.3 is 4.74 Å². The van der Waals surface area contributed by atoms with Crippen molar-refractivity contribution >= 4 is 39.1 Å². The van der Waals surface area contributed by atoms with E-state index >= 15 is 0 Å². The van der Waals surface area contributed by atoms with E-state index in [0.29, 0.717) is 18.4 Å². The standard InChI is InChI=1S/C14H19BrCl2O/c1-2-8-18-9-7-14(10-16,11-17)12-5-3-4-6-13(12)15/h3-6H,2,7-11H2,1H3. The van der Waals surface area contributed by atoms with Crippen molar-refractivity contribution in [3.05, 3.63) is 34.3 Å². The fourth-order valence-corrected chi connectivity index (χ4v) is 3.40. The summed E-state index contributed by atoms with van der Waals surface area (Å²) in [5.41, 5.74) is 0.937. The Labute approximate surface area is 128 Å². The average Bonchev–Trinajstić information content (AvgIpc) is 2.41. The van der Waals surface area contributed by atoms with Gasteiger partial charge in [-0.25, -0.2) is 0 Å². The minimum atomic E-state index is -0.225. The molecular weight excluding hydrogens is 335 g/mol. The summed E-state index contributed by atoms with van der Waals surface area (Å²) in [7, 11) is 0. The van der Waals surface area contributed by atoms with E-state index < -0.39 is 0 Å². The molecule has 1 nitrogen and oxygen atoms in total. The Hall–Kier alpha value is 0.240. The smallest absolute Gasteiger partial charge is 0.0475 e. The van der Waals surface area contributed by atoms with E-state index in [-0.39, 0.29) is 5.41 Å². The van der Waals surface area contributed by atoms with Crippen LogP contribution in [-0.2, 0) is 10.2 Å². The molecule has 0 bridgehead atoms. The second-order valence-electron chi connectivity index (χ2n) is 4.39. The van der Waals surface area contributed by atoms with Crippen LogP contribution in [0.1, 0.15) is 25.3 Å². The Morgan fingerprint density at radius 3 is 2.39 bits per heavy atom. The molecule has 0 aliphatic heterocycles. The summed E-state index contributed by atoms with van der Waals surface area (Å²) in [5.74, 6) is 0.989. The molecule has 0 fully saturated rings. The van der Waals surface area contributed by atoms with Gasteiger partial charge in [0, 0.05) is 34.9 Å². The second kappa shape index (κ2) is 8.42.